The van der Waals surface area contributed by atoms with Crippen molar-refractivity contribution in [1.29, 1.82) is 0 Å². The molecule has 2 aromatic carbocycles. The minimum absolute atomic E-state index is 0.0732. The van der Waals surface area contributed by atoms with Crippen molar-refractivity contribution >= 4 is 17.5 Å². The van der Waals surface area contributed by atoms with Crippen molar-refractivity contribution in [3.05, 3.63) is 65.7 Å². The predicted molar refractivity (Wildman–Crippen MR) is 108 cm³/mol. The van der Waals surface area contributed by atoms with Gasteiger partial charge in [0, 0.05) is 24.3 Å². The highest BCUT2D eigenvalue weighted by molar-refractivity contribution is 5.95. The molecule has 27 heavy (non-hydrogen) atoms. The monoisotopic (exact) mass is 365 g/mol. The first kappa shape index (κ1) is 19.0. The number of rotatable bonds is 6. The van der Waals surface area contributed by atoms with Crippen LogP contribution < -0.4 is 10.6 Å². The van der Waals surface area contributed by atoms with Gasteiger partial charge in [0.2, 0.25) is 5.91 Å². The summed E-state index contributed by atoms with van der Waals surface area (Å²) in [6, 6.07) is 17.1. The Balaban J connectivity index is 1.56. The number of nitrogens with one attached hydrogen (secondary N) is 2. The minimum atomic E-state index is -0.127. The molecule has 0 radical (unpaired) electrons. The van der Waals surface area contributed by atoms with E-state index >= 15 is 0 Å². The van der Waals surface area contributed by atoms with Gasteiger partial charge in [-0.1, -0.05) is 36.4 Å². The van der Waals surface area contributed by atoms with Gasteiger partial charge in [0.15, 0.2) is 0 Å². The smallest absolute Gasteiger partial charge is 0.251 e. The molecule has 1 atom stereocenters. The largest absolute Gasteiger partial charge is 0.376 e. The van der Waals surface area contributed by atoms with E-state index in [1.165, 1.54) is 6.42 Å². The molecule has 1 saturated heterocycles. The molecule has 142 valence electrons. The quantitative estimate of drug-likeness (QED) is 0.822. The first-order valence-corrected chi connectivity index (χ1v) is 9.61. The Morgan fingerprint density at radius 2 is 1.74 bits per heavy atom. The number of carbonyl (C=O) groups excluding carboxylic acids is 2. The van der Waals surface area contributed by atoms with E-state index in [0.29, 0.717) is 5.56 Å². The predicted octanol–water partition coefficient (Wildman–Crippen LogP) is 3.60. The molecule has 3 rings (SSSR count). The van der Waals surface area contributed by atoms with Crippen LogP contribution >= 0.6 is 0 Å². The van der Waals surface area contributed by atoms with E-state index in [0.717, 1.165) is 37.2 Å². The van der Waals surface area contributed by atoms with Gasteiger partial charge in [-0.15, -0.1) is 0 Å². The lowest BCUT2D eigenvalue weighted by atomic mass is 10.1. The van der Waals surface area contributed by atoms with Gasteiger partial charge in [0.1, 0.15) is 0 Å². The Morgan fingerprint density at radius 3 is 2.48 bits per heavy atom. The van der Waals surface area contributed by atoms with Crippen molar-refractivity contribution in [3.8, 4) is 0 Å². The molecule has 5 heteroatoms. The third kappa shape index (κ3) is 5.33. The van der Waals surface area contributed by atoms with Crippen LogP contribution in [0.5, 0.6) is 0 Å². The zero-order valence-corrected chi connectivity index (χ0v) is 15.8. The lowest BCUT2D eigenvalue weighted by Crippen LogP contribution is -2.39. The summed E-state index contributed by atoms with van der Waals surface area (Å²) in [5.74, 6) is -0.0142. The van der Waals surface area contributed by atoms with E-state index in [9.17, 15) is 9.59 Å². The van der Waals surface area contributed by atoms with E-state index in [1.54, 1.807) is 12.1 Å². The standard InChI is InChI=1S/C22H27N3O2/c1-17(18-9-4-2-5-10-18)24-22(27)19-11-8-12-20(15-19)23-16-21(26)25-13-6-3-7-14-25/h2,4-5,8-12,15,17,23H,3,6-7,13-14,16H2,1H3,(H,24,27). The molecule has 1 heterocycles. The summed E-state index contributed by atoms with van der Waals surface area (Å²) >= 11 is 0. The van der Waals surface area contributed by atoms with E-state index in [4.69, 9.17) is 0 Å². The highest BCUT2D eigenvalue weighted by Gasteiger charge is 2.16. The summed E-state index contributed by atoms with van der Waals surface area (Å²) in [5, 5.41) is 6.17. The summed E-state index contributed by atoms with van der Waals surface area (Å²) in [6.07, 6.45) is 3.37. The van der Waals surface area contributed by atoms with Gasteiger partial charge in [-0.25, -0.2) is 0 Å². The number of benzene rings is 2. The molecule has 1 fully saturated rings. The highest BCUT2D eigenvalue weighted by atomic mass is 16.2. The molecular weight excluding hydrogens is 338 g/mol. The number of hydrogen-bond donors (Lipinski definition) is 2. The van der Waals surface area contributed by atoms with Gasteiger partial charge >= 0.3 is 0 Å². The van der Waals surface area contributed by atoms with Gasteiger partial charge in [-0.2, -0.15) is 0 Å². The molecule has 2 amide bonds. The van der Waals surface area contributed by atoms with Crippen molar-refractivity contribution in [2.24, 2.45) is 0 Å². The molecule has 0 spiro atoms. The maximum absolute atomic E-state index is 12.6. The average Bonchev–Trinajstić information content (AvgIpc) is 2.73. The first-order valence-electron chi connectivity index (χ1n) is 9.61. The molecule has 1 aliphatic rings. The molecule has 2 N–H and O–H groups in total. The van der Waals surface area contributed by atoms with Gasteiger partial charge in [-0.3, -0.25) is 9.59 Å². The van der Waals surface area contributed by atoms with Crippen molar-refractivity contribution in [1.82, 2.24) is 10.2 Å². The zero-order chi connectivity index (χ0) is 19.1. The van der Waals surface area contributed by atoms with Crippen molar-refractivity contribution < 1.29 is 9.59 Å². The Labute approximate surface area is 160 Å². The second kappa shape index (κ2) is 9.21. The fraction of sp³-hybridized carbons (Fsp3) is 0.364. The van der Waals surface area contributed by atoms with Crippen LogP contribution in [-0.4, -0.2) is 36.3 Å². The number of amides is 2. The number of hydrogen-bond acceptors (Lipinski definition) is 3. The van der Waals surface area contributed by atoms with Gasteiger partial charge in [-0.05, 0) is 49.9 Å². The van der Waals surface area contributed by atoms with Crippen molar-refractivity contribution in [2.75, 3.05) is 25.0 Å². The summed E-state index contributed by atoms with van der Waals surface area (Å²) in [6.45, 7) is 3.92. The summed E-state index contributed by atoms with van der Waals surface area (Å²) in [7, 11) is 0. The van der Waals surface area contributed by atoms with E-state index in [2.05, 4.69) is 10.6 Å². The topological polar surface area (TPSA) is 61.4 Å². The number of nitrogens with zero attached hydrogens (tertiary/aromatic N) is 1. The first-order chi connectivity index (χ1) is 13.1. The van der Waals surface area contributed by atoms with Crippen LogP contribution in [0.25, 0.3) is 0 Å². The molecule has 0 saturated carbocycles. The number of likely N-dealkylation sites (tertiary alicyclic amines) is 1. The minimum Gasteiger partial charge on any atom is -0.376 e. The number of piperidine rings is 1. The normalized spacial score (nSPS) is 15.1. The Kier molecular flexibility index (Phi) is 6.47. The van der Waals surface area contributed by atoms with E-state index < -0.39 is 0 Å². The molecule has 1 unspecified atom stereocenters. The van der Waals surface area contributed by atoms with Crippen LogP contribution in [0.3, 0.4) is 0 Å². The van der Waals surface area contributed by atoms with Gasteiger partial charge in [0.25, 0.3) is 5.91 Å². The molecule has 5 nitrogen and oxygen atoms in total. The maximum atomic E-state index is 12.6. The third-order valence-electron chi connectivity index (χ3n) is 4.92. The van der Waals surface area contributed by atoms with E-state index in [1.807, 2.05) is 54.3 Å². The number of carbonyl (C=O) groups is 2. The van der Waals surface area contributed by atoms with Crippen molar-refractivity contribution in [2.45, 2.75) is 32.2 Å². The molecule has 0 bridgehead atoms. The van der Waals surface area contributed by atoms with Gasteiger partial charge < -0.3 is 15.5 Å². The van der Waals surface area contributed by atoms with E-state index in [-0.39, 0.29) is 24.4 Å². The number of anilines is 1. The molecule has 0 aromatic heterocycles. The lowest BCUT2D eigenvalue weighted by Gasteiger charge is -2.26. The van der Waals surface area contributed by atoms with Gasteiger partial charge in [0.05, 0.1) is 12.6 Å². The Hall–Kier alpha value is -2.82. The Morgan fingerprint density at radius 1 is 1.00 bits per heavy atom. The molecule has 1 aliphatic heterocycles. The fourth-order valence-corrected chi connectivity index (χ4v) is 3.31. The maximum Gasteiger partial charge on any atom is 0.251 e. The second-order valence-electron chi connectivity index (χ2n) is 6.98. The van der Waals surface area contributed by atoms with Crippen LogP contribution in [0.1, 0.15) is 48.1 Å². The SMILES string of the molecule is CC(NC(=O)c1cccc(NCC(=O)N2CCCCC2)c1)c1ccccc1. The second-order valence-corrected chi connectivity index (χ2v) is 6.98. The molecule has 0 aliphatic carbocycles. The third-order valence-corrected chi connectivity index (χ3v) is 4.92. The molecular formula is C22H27N3O2. The highest BCUT2D eigenvalue weighted by Crippen LogP contribution is 2.15. The fourth-order valence-electron chi connectivity index (χ4n) is 3.31. The van der Waals surface area contributed by atoms with Crippen LogP contribution in [0.4, 0.5) is 5.69 Å². The van der Waals surface area contributed by atoms with Crippen LogP contribution in [0.2, 0.25) is 0 Å². The summed E-state index contributed by atoms with van der Waals surface area (Å²) in [4.78, 5) is 26.7. The van der Waals surface area contributed by atoms with Crippen molar-refractivity contribution in [3.63, 3.8) is 0 Å². The zero-order valence-electron chi connectivity index (χ0n) is 15.8. The Bertz CT molecular complexity index is 770. The summed E-state index contributed by atoms with van der Waals surface area (Å²) < 4.78 is 0. The average molecular weight is 365 g/mol. The van der Waals surface area contributed by atoms with Crippen LogP contribution in [0, 0.1) is 0 Å². The molecule has 2 aromatic rings. The summed E-state index contributed by atoms with van der Waals surface area (Å²) in [5.41, 5.74) is 2.42. The van der Waals surface area contributed by atoms with Crippen LogP contribution in [-0.2, 0) is 4.79 Å². The van der Waals surface area contributed by atoms with Crippen LogP contribution in [0.15, 0.2) is 54.6 Å². The lowest BCUT2D eigenvalue weighted by molar-refractivity contribution is -0.130.